The molecule has 84 valence electrons. The Labute approximate surface area is 107 Å². The highest BCUT2D eigenvalue weighted by Gasteiger charge is 2.08. The molecule has 0 aliphatic rings. The molecular weight excluding hydrogens is 286 g/mol. The lowest BCUT2D eigenvalue weighted by molar-refractivity contribution is 0.176. The molecule has 0 radical (unpaired) electrons. The summed E-state index contributed by atoms with van der Waals surface area (Å²) >= 11 is 5.07. The molecule has 0 amide bonds. The number of nitrogens with zero attached hydrogens (tertiary/aromatic N) is 1. The van der Waals surface area contributed by atoms with Gasteiger partial charge in [-0.05, 0) is 33.6 Å². The molecule has 0 aliphatic carbocycles. The molecule has 1 atom stereocenters. The Morgan fingerprint density at radius 2 is 2.31 bits per heavy atom. The summed E-state index contributed by atoms with van der Waals surface area (Å²) in [4.78, 5) is 5.23. The van der Waals surface area contributed by atoms with E-state index in [0.29, 0.717) is 12.8 Å². The van der Waals surface area contributed by atoms with Crippen molar-refractivity contribution >= 4 is 27.3 Å². The highest BCUT2D eigenvalue weighted by molar-refractivity contribution is 9.10. The summed E-state index contributed by atoms with van der Waals surface area (Å²) < 4.78 is 1.08. The molecule has 4 heteroatoms. The van der Waals surface area contributed by atoms with E-state index in [0.717, 1.165) is 10.0 Å². The average Bonchev–Trinajstić information content (AvgIpc) is 2.65. The predicted molar refractivity (Wildman–Crippen MR) is 69.7 cm³/mol. The van der Waals surface area contributed by atoms with Crippen LogP contribution in [0.4, 0.5) is 0 Å². The van der Waals surface area contributed by atoms with Crippen LogP contribution in [-0.4, -0.2) is 16.2 Å². The van der Waals surface area contributed by atoms with Crippen LogP contribution in [0, 0.1) is 0 Å². The molecule has 0 aromatic carbocycles. The number of aliphatic hydroxyl groups is 1. The molecule has 2 aromatic rings. The molecule has 1 unspecified atom stereocenters. The molecule has 1 N–H and O–H groups in total. The molecule has 0 spiro atoms. The Morgan fingerprint density at radius 3 is 2.94 bits per heavy atom. The number of halogens is 1. The van der Waals surface area contributed by atoms with Gasteiger partial charge in [0.1, 0.15) is 0 Å². The van der Waals surface area contributed by atoms with Crippen LogP contribution in [0.1, 0.15) is 10.4 Å². The first kappa shape index (κ1) is 11.8. The third kappa shape index (κ3) is 3.40. The number of thiophene rings is 1. The Morgan fingerprint density at radius 1 is 1.44 bits per heavy atom. The van der Waals surface area contributed by atoms with Crippen molar-refractivity contribution < 1.29 is 5.11 Å². The summed E-state index contributed by atoms with van der Waals surface area (Å²) in [6.07, 6.45) is 4.56. The van der Waals surface area contributed by atoms with Crippen LogP contribution in [0.25, 0.3) is 0 Å². The van der Waals surface area contributed by atoms with E-state index < -0.39 is 0 Å². The minimum Gasteiger partial charge on any atom is -0.392 e. The average molecular weight is 298 g/mol. The van der Waals surface area contributed by atoms with Crippen LogP contribution in [0.5, 0.6) is 0 Å². The first-order valence-corrected chi connectivity index (χ1v) is 6.71. The topological polar surface area (TPSA) is 33.1 Å². The van der Waals surface area contributed by atoms with E-state index >= 15 is 0 Å². The maximum Gasteiger partial charge on any atom is 0.0629 e. The van der Waals surface area contributed by atoms with Gasteiger partial charge in [-0.2, -0.15) is 0 Å². The first-order valence-electron chi connectivity index (χ1n) is 5.04. The van der Waals surface area contributed by atoms with Gasteiger partial charge in [0, 0.05) is 40.0 Å². The molecule has 16 heavy (non-hydrogen) atoms. The number of hydrogen-bond donors (Lipinski definition) is 1. The number of hydrogen-bond acceptors (Lipinski definition) is 3. The molecule has 0 aliphatic heterocycles. The Bertz CT molecular complexity index is 443. The fourth-order valence-corrected chi connectivity index (χ4v) is 3.08. The molecular formula is C12H12BrNOS. The summed E-state index contributed by atoms with van der Waals surface area (Å²) in [5, 5.41) is 12.0. The van der Waals surface area contributed by atoms with E-state index in [2.05, 4.69) is 27.0 Å². The van der Waals surface area contributed by atoms with E-state index in [1.807, 2.05) is 17.5 Å². The van der Waals surface area contributed by atoms with Crippen molar-refractivity contribution in [3.8, 4) is 0 Å². The fourth-order valence-electron chi connectivity index (χ4n) is 1.56. The van der Waals surface area contributed by atoms with Gasteiger partial charge in [-0.3, -0.25) is 4.98 Å². The van der Waals surface area contributed by atoms with Crippen LogP contribution in [0.15, 0.2) is 40.4 Å². The lowest BCUT2D eigenvalue weighted by Crippen LogP contribution is -2.13. The third-order valence-corrected chi connectivity index (χ3v) is 3.97. The molecule has 2 aromatic heterocycles. The maximum absolute atomic E-state index is 9.93. The number of pyridine rings is 1. The molecule has 0 bridgehead atoms. The van der Waals surface area contributed by atoms with Gasteiger partial charge in [-0.1, -0.05) is 6.07 Å². The van der Waals surface area contributed by atoms with E-state index in [1.54, 1.807) is 23.7 Å². The van der Waals surface area contributed by atoms with Gasteiger partial charge in [0.15, 0.2) is 0 Å². The molecule has 2 nitrogen and oxygen atoms in total. The van der Waals surface area contributed by atoms with Crippen molar-refractivity contribution in [2.24, 2.45) is 0 Å². The van der Waals surface area contributed by atoms with Gasteiger partial charge in [0.05, 0.1) is 6.10 Å². The second-order valence-corrected chi connectivity index (χ2v) is 5.57. The minimum absolute atomic E-state index is 0.338. The van der Waals surface area contributed by atoms with Crippen LogP contribution in [0.2, 0.25) is 0 Å². The van der Waals surface area contributed by atoms with Gasteiger partial charge in [0.25, 0.3) is 0 Å². The van der Waals surface area contributed by atoms with Crippen molar-refractivity contribution in [1.82, 2.24) is 4.98 Å². The van der Waals surface area contributed by atoms with Gasteiger partial charge in [0.2, 0.25) is 0 Å². The molecule has 0 fully saturated rings. The smallest absolute Gasteiger partial charge is 0.0629 e. The minimum atomic E-state index is -0.338. The lowest BCUT2D eigenvalue weighted by atomic mass is 10.1. The van der Waals surface area contributed by atoms with Crippen LogP contribution >= 0.6 is 27.3 Å². The predicted octanol–water partition coefficient (Wildman–Crippen LogP) is 3.05. The standard InChI is InChI=1S/C12H12BrNOS/c13-10-5-12(16-8-10)6-11(15)4-9-2-1-3-14-7-9/h1-3,5,7-8,11,15H,4,6H2. The van der Waals surface area contributed by atoms with Gasteiger partial charge in [-0.25, -0.2) is 0 Å². The van der Waals surface area contributed by atoms with Crippen molar-refractivity contribution in [2.75, 3.05) is 0 Å². The first-order chi connectivity index (χ1) is 7.74. The maximum atomic E-state index is 9.93. The van der Waals surface area contributed by atoms with Crippen LogP contribution < -0.4 is 0 Å². The SMILES string of the molecule is OC(Cc1cccnc1)Cc1cc(Br)cs1. The number of aliphatic hydroxyl groups excluding tert-OH is 1. The molecule has 0 saturated heterocycles. The Hall–Kier alpha value is -0.710. The zero-order chi connectivity index (χ0) is 11.4. The summed E-state index contributed by atoms with van der Waals surface area (Å²) in [5.74, 6) is 0. The van der Waals surface area contributed by atoms with Crippen molar-refractivity contribution in [3.63, 3.8) is 0 Å². The normalized spacial score (nSPS) is 12.6. The van der Waals surface area contributed by atoms with Crippen LogP contribution in [-0.2, 0) is 12.8 Å². The van der Waals surface area contributed by atoms with E-state index in [1.165, 1.54) is 4.88 Å². The van der Waals surface area contributed by atoms with E-state index in [-0.39, 0.29) is 6.10 Å². The summed E-state index contributed by atoms with van der Waals surface area (Å²) in [7, 11) is 0. The monoisotopic (exact) mass is 297 g/mol. The fraction of sp³-hybridized carbons (Fsp3) is 0.250. The number of aromatic nitrogens is 1. The van der Waals surface area contributed by atoms with E-state index in [9.17, 15) is 5.11 Å². The van der Waals surface area contributed by atoms with E-state index in [4.69, 9.17) is 0 Å². The largest absolute Gasteiger partial charge is 0.392 e. The number of rotatable bonds is 4. The second kappa shape index (κ2) is 5.57. The summed E-state index contributed by atoms with van der Waals surface area (Å²) in [5.41, 5.74) is 1.07. The Kier molecular flexibility index (Phi) is 4.09. The third-order valence-electron chi connectivity index (χ3n) is 2.25. The quantitative estimate of drug-likeness (QED) is 0.941. The van der Waals surface area contributed by atoms with Crippen LogP contribution in [0.3, 0.4) is 0 Å². The zero-order valence-electron chi connectivity index (χ0n) is 8.64. The van der Waals surface area contributed by atoms with Gasteiger partial charge >= 0.3 is 0 Å². The molecule has 2 heterocycles. The summed E-state index contributed by atoms with van der Waals surface area (Å²) in [6, 6.07) is 5.93. The highest BCUT2D eigenvalue weighted by Crippen LogP contribution is 2.21. The van der Waals surface area contributed by atoms with Crippen molar-refractivity contribution in [3.05, 3.63) is 50.9 Å². The molecule has 0 saturated carbocycles. The second-order valence-electron chi connectivity index (χ2n) is 3.65. The highest BCUT2D eigenvalue weighted by atomic mass is 79.9. The van der Waals surface area contributed by atoms with Gasteiger partial charge < -0.3 is 5.11 Å². The van der Waals surface area contributed by atoms with Crippen molar-refractivity contribution in [1.29, 1.82) is 0 Å². The zero-order valence-corrected chi connectivity index (χ0v) is 11.0. The Balaban J connectivity index is 1.92. The lowest BCUT2D eigenvalue weighted by Gasteiger charge is -2.08. The summed E-state index contributed by atoms with van der Waals surface area (Å²) in [6.45, 7) is 0. The molecule has 2 rings (SSSR count). The van der Waals surface area contributed by atoms with Gasteiger partial charge in [-0.15, -0.1) is 11.3 Å². The van der Waals surface area contributed by atoms with Crippen molar-refractivity contribution in [2.45, 2.75) is 18.9 Å².